The molecule has 1 aromatic carbocycles. The minimum absolute atomic E-state index is 0.333. The fourth-order valence-corrected chi connectivity index (χ4v) is 2.20. The van der Waals surface area contributed by atoms with Crippen molar-refractivity contribution in [3.63, 3.8) is 0 Å². The van der Waals surface area contributed by atoms with Crippen molar-refractivity contribution in [2.75, 3.05) is 19.6 Å². The first-order valence-corrected chi connectivity index (χ1v) is 7.38. The molecule has 0 aliphatic carbocycles. The van der Waals surface area contributed by atoms with Gasteiger partial charge >= 0.3 is 11.9 Å². The van der Waals surface area contributed by atoms with Gasteiger partial charge in [0, 0.05) is 31.8 Å². The maximum absolute atomic E-state index is 9.55. The summed E-state index contributed by atoms with van der Waals surface area (Å²) >= 11 is 0. The largest absolute Gasteiger partial charge is 0.508 e. The van der Waals surface area contributed by atoms with Crippen LogP contribution in [0.15, 0.2) is 55.1 Å². The van der Waals surface area contributed by atoms with E-state index in [0.717, 1.165) is 31.6 Å². The number of phenols is 1. The number of benzene rings is 1. The van der Waals surface area contributed by atoms with Crippen molar-refractivity contribution in [3.8, 4) is 5.75 Å². The van der Waals surface area contributed by atoms with Gasteiger partial charge in [-0.1, -0.05) is 24.3 Å². The zero-order chi connectivity index (χ0) is 17.9. The molecule has 3 N–H and O–H groups in total. The Morgan fingerprint density at radius 3 is 2.42 bits per heavy atom. The zero-order valence-electron chi connectivity index (χ0n) is 13.3. The number of nitrogens with zero attached hydrogens (tertiary/aromatic N) is 1. The summed E-state index contributed by atoms with van der Waals surface area (Å²) in [5.74, 6) is -2.18. The molecule has 1 aromatic rings. The molecule has 0 atom stereocenters. The highest BCUT2D eigenvalue weighted by Crippen LogP contribution is 2.23. The van der Waals surface area contributed by atoms with Crippen molar-refractivity contribution in [2.24, 2.45) is 0 Å². The van der Waals surface area contributed by atoms with Crippen molar-refractivity contribution >= 4 is 17.5 Å². The first kappa shape index (κ1) is 19.2. The van der Waals surface area contributed by atoms with Crippen LogP contribution in [-0.4, -0.2) is 51.8 Å². The predicted molar refractivity (Wildman–Crippen MR) is 91.7 cm³/mol. The summed E-state index contributed by atoms with van der Waals surface area (Å²) in [7, 11) is 0. The Hall–Kier alpha value is -2.86. The van der Waals surface area contributed by atoms with Gasteiger partial charge in [-0.25, -0.2) is 9.59 Å². The van der Waals surface area contributed by atoms with Crippen molar-refractivity contribution in [1.82, 2.24) is 4.90 Å². The second-order valence-corrected chi connectivity index (χ2v) is 5.10. The van der Waals surface area contributed by atoms with Crippen molar-refractivity contribution < 1.29 is 24.9 Å². The maximum atomic E-state index is 9.55. The Labute approximate surface area is 140 Å². The molecular formula is C18H21NO5. The van der Waals surface area contributed by atoms with E-state index >= 15 is 0 Å². The molecule has 2 rings (SSSR count). The lowest BCUT2D eigenvalue weighted by atomic mass is 10.0. The SMILES string of the molecule is C=CCN1CCC=C(c2cccc(O)c2)C1.O=C(O)C=CC(=O)O. The van der Waals surface area contributed by atoms with E-state index in [9.17, 15) is 14.7 Å². The van der Waals surface area contributed by atoms with Gasteiger partial charge in [-0.2, -0.15) is 0 Å². The molecule has 0 radical (unpaired) electrons. The average molecular weight is 331 g/mol. The molecule has 128 valence electrons. The summed E-state index contributed by atoms with van der Waals surface area (Å²) in [6.07, 6.45) is 6.38. The van der Waals surface area contributed by atoms with E-state index in [1.807, 2.05) is 24.3 Å². The average Bonchev–Trinajstić information content (AvgIpc) is 2.54. The van der Waals surface area contributed by atoms with E-state index in [1.165, 1.54) is 5.57 Å². The van der Waals surface area contributed by atoms with Gasteiger partial charge in [0.2, 0.25) is 0 Å². The smallest absolute Gasteiger partial charge is 0.328 e. The standard InChI is InChI=1S/C14H17NO.C4H4O4/c1-2-8-15-9-4-6-13(11-15)12-5-3-7-14(16)10-12;5-3(6)1-2-4(7)8/h2-3,5-7,10,16H,1,4,8-9,11H2;1-2H,(H,5,6)(H,7,8). The van der Waals surface area contributed by atoms with Crippen LogP contribution in [0, 0.1) is 0 Å². The van der Waals surface area contributed by atoms with Crippen LogP contribution in [0.25, 0.3) is 5.57 Å². The van der Waals surface area contributed by atoms with Crippen LogP contribution in [-0.2, 0) is 9.59 Å². The highest BCUT2D eigenvalue weighted by molar-refractivity contribution is 5.89. The third-order valence-electron chi connectivity index (χ3n) is 3.20. The fourth-order valence-electron chi connectivity index (χ4n) is 2.20. The van der Waals surface area contributed by atoms with Crippen LogP contribution in [0.2, 0.25) is 0 Å². The molecule has 24 heavy (non-hydrogen) atoms. The molecule has 0 aromatic heterocycles. The van der Waals surface area contributed by atoms with Crippen molar-refractivity contribution in [1.29, 1.82) is 0 Å². The topological polar surface area (TPSA) is 98.1 Å². The molecule has 0 bridgehead atoms. The number of rotatable bonds is 5. The summed E-state index contributed by atoms with van der Waals surface area (Å²) in [6, 6.07) is 7.46. The highest BCUT2D eigenvalue weighted by atomic mass is 16.4. The van der Waals surface area contributed by atoms with Crippen LogP contribution >= 0.6 is 0 Å². The van der Waals surface area contributed by atoms with Crippen LogP contribution in [0.3, 0.4) is 0 Å². The van der Waals surface area contributed by atoms with Crippen LogP contribution in [0.4, 0.5) is 0 Å². The number of phenolic OH excluding ortho intramolecular Hbond substituents is 1. The lowest BCUT2D eigenvalue weighted by Crippen LogP contribution is -2.29. The number of hydrogen-bond donors (Lipinski definition) is 3. The molecule has 1 heterocycles. The Balaban J connectivity index is 0.000000307. The van der Waals surface area contributed by atoms with Gasteiger partial charge < -0.3 is 15.3 Å². The van der Waals surface area contributed by atoms with E-state index in [2.05, 4.69) is 17.6 Å². The Morgan fingerprint density at radius 1 is 1.21 bits per heavy atom. The summed E-state index contributed by atoms with van der Waals surface area (Å²) in [4.78, 5) is 21.5. The Kier molecular flexibility index (Phi) is 8.01. The van der Waals surface area contributed by atoms with E-state index in [-0.39, 0.29) is 0 Å². The number of carbonyl (C=O) groups is 2. The fraction of sp³-hybridized carbons (Fsp3) is 0.222. The van der Waals surface area contributed by atoms with Gasteiger partial charge in [0.25, 0.3) is 0 Å². The third kappa shape index (κ3) is 7.42. The lowest BCUT2D eigenvalue weighted by Gasteiger charge is -2.26. The number of carboxylic acid groups (broad SMARTS) is 2. The van der Waals surface area contributed by atoms with E-state index in [0.29, 0.717) is 17.9 Å². The molecule has 6 nitrogen and oxygen atoms in total. The van der Waals surface area contributed by atoms with Gasteiger partial charge in [0.05, 0.1) is 0 Å². The van der Waals surface area contributed by atoms with Gasteiger partial charge in [0.15, 0.2) is 0 Å². The summed E-state index contributed by atoms with van der Waals surface area (Å²) in [5.41, 5.74) is 2.41. The third-order valence-corrected chi connectivity index (χ3v) is 3.20. The van der Waals surface area contributed by atoms with Gasteiger partial charge in [-0.3, -0.25) is 4.90 Å². The molecule has 1 aliphatic heterocycles. The molecule has 0 saturated heterocycles. The van der Waals surface area contributed by atoms with E-state index in [4.69, 9.17) is 10.2 Å². The van der Waals surface area contributed by atoms with Gasteiger partial charge in [-0.15, -0.1) is 6.58 Å². The summed E-state index contributed by atoms with van der Waals surface area (Å²) in [6.45, 7) is 6.72. The number of aliphatic carboxylic acids is 2. The normalized spacial score (nSPS) is 14.4. The van der Waals surface area contributed by atoms with Crippen molar-refractivity contribution in [3.05, 3.63) is 60.7 Å². The van der Waals surface area contributed by atoms with E-state index < -0.39 is 11.9 Å². The lowest BCUT2D eigenvalue weighted by molar-refractivity contribution is -0.134. The predicted octanol–water partition coefficient (Wildman–Crippen LogP) is 2.38. The minimum atomic E-state index is -1.26. The molecule has 0 saturated carbocycles. The highest BCUT2D eigenvalue weighted by Gasteiger charge is 2.12. The van der Waals surface area contributed by atoms with Crippen LogP contribution in [0.5, 0.6) is 5.75 Å². The first-order valence-electron chi connectivity index (χ1n) is 7.38. The molecule has 6 heteroatoms. The van der Waals surface area contributed by atoms with Crippen LogP contribution in [0.1, 0.15) is 12.0 Å². The van der Waals surface area contributed by atoms with E-state index in [1.54, 1.807) is 6.07 Å². The minimum Gasteiger partial charge on any atom is -0.508 e. The molecular weight excluding hydrogens is 310 g/mol. The summed E-state index contributed by atoms with van der Waals surface area (Å²) in [5, 5.41) is 25.1. The Bertz CT molecular complexity index is 633. The van der Waals surface area contributed by atoms with Crippen molar-refractivity contribution in [2.45, 2.75) is 6.42 Å². The number of carboxylic acids is 2. The zero-order valence-corrected chi connectivity index (χ0v) is 13.3. The summed E-state index contributed by atoms with van der Waals surface area (Å²) < 4.78 is 0. The molecule has 0 amide bonds. The Morgan fingerprint density at radius 2 is 1.88 bits per heavy atom. The second kappa shape index (κ2) is 10.0. The van der Waals surface area contributed by atoms with Crippen LogP contribution < -0.4 is 0 Å². The molecule has 0 spiro atoms. The number of aromatic hydroxyl groups is 1. The maximum Gasteiger partial charge on any atom is 0.328 e. The second-order valence-electron chi connectivity index (χ2n) is 5.10. The molecule has 1 aliphatic rings. The molecule has 0 fully saturated rings. The number of hydrogen-bond acceptors (Lipinski definition) is 4. The monoisotopic (exact) mass is 331 g/mol. The van der Waals surface area contributed by atoms with Gasteiger partial charge in [0.1, 0.15) is 5.75 Å². The molecule has 0 unspecified atom stereocenters. The van der Waals surface area contributed by atoms with Gasteiger partial charge in [-0.05, 0) is 29.7 Å². The first-order chi connectivity index (χ1) is 11.4. The quantitative estimate of drug-likeness (QED) is 0.566.